The summed E-state index contributed by atoms with van der Waals surface area (Å²) in [5.74, 6) is 0.111. The summed E-state index contributed by atoms with van der Waals surface area (Å²) in [4.78, 5) is 0. The average Bonchev–Trinajstić information content (AvgIpc) is 2.01. The van der Waals surface area contributed by atoms with Gasteiger partial charge in [-0.1, -0.05) is 11.6 Å². The molecule has 0 aliphatic rings. The number of nitrogens with two attached hydrogens (primary N) is 1. The lowest BCUT2D eigenvalue weighted by molar-refractivity contribution is 0.463. The predicted molar refractivity (Wildman–Crippen MR) is 55.2 cm³/mol. The minimum absolute atomic E-state index is 0.111. The average molecular weight is 200 g/mol. The van der Waals surface area contributed by atoms with Gasteiger partial charge in [-0.2, -0.15) is 0 Å². The Labute approximate surface area is 83.3 Å². The Hall–Kier alpha value is -0.730. The van der Waals surface area contributed by atoms with Crippen LogP contribution in [0, 0.1) is 13.8 Å². The number of phenols is 1. The molecular formula is C10H14ClNO. The smallest absolute Gasteiger partial charge is 0.139 e. The van der Waals surface area contributed by atoms with Crippen molar-refractivity contribution in [3.05, 3.63) is 27.8 Å². The van der Waals surface area contributed by atoms with Crippen molar-refractivity contribution < 1.29 is 5.11 Å². The fourth-order valence-electron chi connectivity index (χ4n) is 1.44. The molecule has 0 aliphatic heterocycles. The van der Waals surface area contributed by atoms with Gasteiger partial charge in [-0.3, -0.25) is 0 Å². The van der Waals surface area contributed by atoms with Crippen LogP contribution in [0.3, 0.4) is 0 Å². The second-order valence-electron chi connectivity index (χ2n) is 3.35. The van der Waals surface area contributed by atoms with Crippen LogP contribution in [0.5, 0.6) is 5.75 Å². The van der Waals surface area contributed by atoms with Crippen molar-refractivity contribution in [2.45, 2.75) is 26.8 Å². The van der Waals surface area contributed by atoms with Gasteiger partial charge in [-0.25, -0.2) is 0 Å². The highest BCUT2D eigenvalue weighted by atomic mass is 35.5. The molecule has 3 heteroatoms. The number of aryl methyl sites for hydroxylation is 1. The number of halogens is 1. The van der Waals surface area contributed by atoms with Crippen LogP contribution in [-0.4, -0.2) is 5.11 Å². The Morgan fingerprint density at radius 2 is 2.00 bits per heavy atom. The maximum atomic E-state index is 9.66. The predicted octanol–water partition coefficient (Wildman–Crippen LogP) is 2.68. The van der Waals surface area contributed by atoms with Crippen molar-refractivity contribution in [2.75, 3.05) is 0 Å². The highest BCUT2D eigenvalue weighted by molar-refractivity contribution is 6.32. The second-order valence-corrected chi connectivity index (χ2v) is 3.76. The third kappa shape index (κ3) is 1.79. The van der Waals surface area contributed by atoms with Gasteiger partial charge in [0.05, 0.1) is 5.02 Å². The van der Waals surface area contributed by atoms with Gasteiger partial charge in [0.1, 0.15) is 5.75 Å². The Balaban J connectivity index is 3.46. The van der Waals surface area contributed by atoms with E-state index in [1.165, 1.54) is 0 Å². The van der Waals surface area contributed by atoms with E-state index in [-0.39, 0.29) is 11.8 Å². The third-order valence-electron chi connectivity index (χ3n) is 2.28. The van der Waals surface area contributed by atoms with Crippen LogP contribution in [0.1, 0.15) is 29.7 Å². The number of benzene rings is 1. The highest BCUT2D eigenvalue weighted by Gasteiger charge is 2.14. The first-order valence-corrected chi connectivity index (χ1v) is 4.57. The lowest BCUT2D eigenvalue weighted by Gasteiger charge is -2.15. The zero-order valence-electron chi connectivity index (χ0n) is 8.06. The lowest BCUT2D eigenvalue weighted by atomic mass is 9.98. The van der Waals surface area contributed by atoms with E-state index >= 15 is 0 Å². The topological polar surface area (TPSA) is 46.2 Å². The molecule has 0 aliphatic carbocycles. The quantitative estimate of drug-likeness (QED) is 0.731. The summed E-state index contributed by atoms with van der Waals surface area (Å²) in [5, 5.41) is 10.0. The highest BCUT2D eigenvalue weighted by Crippen LogP contribution is 2.35. The zero-order valence-corrected chi connectivity index (χ0v) is 8.81. The minimum Gasteiger partial charge on any atom is -0.506 e. The summed E-state index contributed by atoms with van der Waals surface area (Å²) < 4.78 is 0. The van der Waals surface area contributed by atoms with E-state index in [0.717, 1.165) is 16.7 Å². The van der Waals surface area contributed by atoms with Crippen molar-refractivity contribution in [1.29, 1.82) is 0 Å². The van der Waals surface area contributed by atoms with Crippen molar-refractivity contribution in [3.8, 4) is 5.75 Å². The molecule has 0 bridgehead atoms. The summed E-state index contributed by atoms with van der Waals surface area (Å²) >= 11 is 5.83. The van der Waals surface area contributed by atoms with Crippen molar-refractivity contribution in [1.82, 2.24) is 0 Å². The molecule has 1 atom stereocenters. The lowest BCUT2D eigenvalue weighted by Crippen LogP contribution is -2.08. The van der Waals surface area contributed by atoms with Crippen LogP contribution in [-0.2, 0) is 0 Å². The van der Waals surface area contributed by atoms with Crippen molar-refractivity contribution >= 4 is 11.6 Å². The fourth-order valence-corrected chi connectivity index (χ4v) is 1.71. The molecule has 0 spiro atoms. The van der Waals surface area contributed by atoms with E-state index in [0.29, 0.717) is 5.02 Å². The van der Waals surface area contributed by atoms with Crippen LogP contribution in [0.15, 0.2) is 6.07 Å². The van der Waals surface area contributed by atoms with Gasteiger partial charge >= 0.3 is 0 Å². The Morgan fingerprint density at radius 1 is 1.46 bits per heavy atom. The summed E-state index contributed by atoms with van der Waals surface area (Å²) in [5.41, 5.74) is 8.54. The molecule has 1 rings (SSSR count). The van der Waals surface area contributed by atoms with E-state index in [1.807, 2.05) is 20.8 Å². The number of phenolic OH excluding ortho intramolecular Hbond substituents is 1. The zero-order chi connectivity index (χ0) is 10.2. The monoisotopic (exact) mass is 199 g/mol. The summed E-state index contributed by atoms with van der Waals surface area (Å²) in [6, 6.07) is 1.55. The third-order valence-corrected chi connectivity index (χ3v) is 2.56. The Morgan fingerprint density at radius 3 is 2.46 bits per heavy atom. The van der Waals surface area contributed by atoms with E-state index in [1.54, 1.807) is 6.07 Å². The molecule has 0 fully saturated rings. The normalized spacial score (nSPS) is 13.0. The summed E-state index contributed by atoms with van der Waals surface area (Å²) in [6.45, 7) is 5.72. The molecule has 2 nitrogen and oxygen atoms in total. The maximum absolute atomic E-state index is 9.66. The first-order chi connectivity index (χ1) is 5.95. The standard InChI is InChI=1S/C10H14ClNO/c1-5-4-8(11)10(13)9(6(5)2)7(3)12/h4,7,13H,12H2,1-3H3. The molecule has 0 aromatic heterocycles. The van der Waals surface area contributed by atoms with E-state index < -0.39 is 0 Å². The minimum atomic E-state index is -0.197. The van der Waals surface area contributed by atoms with E-state index in [9.17, 15) is 5.11 Å². The molecule has 0 amide bonds. The maximum Gasteiger partial charge on any atom is 0.139 e. The van der Waals surface area contributed by atoms with E-state index in [2.05, 4.69) is 0 Å². The number of hydrogen-bond donors (Lipinski definition) is 2. The molecule has 0 radical (unpaired) electrons. The van der Waals surface area contributed by atoms with Gasteiger partial charge < -0.3 is 10.8 Å². The number of hydrogen-bond acceptors (Lipinski definition) is 2. The Bertz CT molecular complexity index is 308. The molecule has 3 N–H and O–H groups in total. The van der Waals surface area contributed by atoms with Crippen LogP contribution >= 0.6 is 11.6 Å². The van der Waals surface area contributed by atoms with Crippen molar-refractivity contribution in [2.24, 2.45) is 5.73 Å². The van der Waals surface area contributed by atoms with Crippen LogP contribution in [0.2, 0.25) is 5.02 Å². The van der Waals surface area contributed by atoms with Crippen LogP contribution in [0.4, 0.5) is 0 Å². The first-order valence-electron chi connectivity index (χ1n) is 4.19. The molecule has 13 heavy (non-hydrogen) atoms. The van der Waals surface area contributed by atoms with Gasteiger partial charge in [0.2, 0.25) is 0 Å². The van der Waals surface area contributed by atoms with E-state index in [4.69, 9.17) is 17.3 Å². The van der Waals surface area contributed by atoms with Gasteiger partial charge in [0, 0.05) is 11.6 Å². The SMILES string of the molecule is Cc1cc(Cl)c(O)c(C(C)N)c1C. The fraction of sp³-hybridized carbons (Fsp3) is 0.400. The molecular weight excluding hydrogens is 186 g/mol. The number of rotatable bonds is 1. The largest absolute Gasteiger partial charge is 0.506 e. The molecule has 0 heterocycles. The Kier molecular flexibility index (Phi) is 2.84. The van der Waals surface area contributed by atoms with Crippen molar-refractivity contribution in [3.63, 3.8) is 0 Å². The molecule has 1 aromatic rings. The second kappa shape index (κ2) is 3.56. The molecule has 1 aromatic carbocycles. The summed E-state index contributed by atoms with van der Waals surface area (Å²) in [7, 11) is 0. The van der Waals surface area contributed by atoms with Crippen LogP contribution < -0.4 is 5.73 Å². The van der Waals surface area contributed by atoms with Crippen LogP contribution in [0.25, 0.3) is 0 Å². The van der Waals surface area contributed by atoms with Gasteiger partial charge in [-0.05, 0) is 38.0 Å². The molecule has 72 valence electrons. The van der Waals surface area contributed by atoms with Gasteiger partial charge in [0.25, 0.3) is 0 Å². The molecule has 1 unspecified atom stereocenters. The number of aromatic hydroxyl groups is 1. The van der Waals surface area contributed by atoms with Gasteiger partial charge in [-0.15, -0.1) is 0 Å². The molecule has 0 saturated heterocycles. The molecule has 0 saturated carbocycles. The van der Waals surface area contributed by atoms with Gasteiger partial charge in [0.15, 0.2) is 0 Å². The first kappa shape index (κ1) is 10.4. The summed E-state index contributed by atoms with van der Waals surface area (Å²) in [6.07, 6.45) is 0.